The Morgan fingerprint density at radius 3 is 2.90 bits per heavy atom. The molecule has 1 saturated heterocycles. The van der Waals surface area contributed by atoms with Gasteiger partial charge in [-0.2, -0.15) is 0 Å². The normalized spacial score (nSPS) is 20.0. The summed E-state index contributed by atoms with van der Waals surface area (Å²) >= 11 is 0. The Kier molecular flexibility index (Phi) is 5.96. The highest BCUT2D eigenvalue weighted by atomic mass is 19.1. The third kappa shape index (κ3) is 4.40. The zero-order valence-electron chi connectivity index (χ0n) is 13.2. The summed E-state index contributed by atoms with van der Waals surface area (Å²) in [5, 5.41) is 3.30. The maximum atomic E-state index is 13.6. The lowest BCUT2D eigenvalue weighted by Crippen LogP contribution is -2.50. The minimum atomic E-state index is -0.177. The van der Waals surface area contributed by atoms with E-state index in [1.165, 1.54) is 0 Å². The van der Waals surface area contributed by atoms with E-state index in [-0.39, 0.29) is 5.82 Å². The van der Waals surface area contributed by atoms with Crippen molar-refractivity contribution in [2.24, 2.45) is 0 Å². The van der Waals surface area contributed by atoms with Crippen molar-refractivity contribution in [3.05, 3.63) is 29.6 Å². The molecule has 1 aromatic carbocycles. The van der Waals surface area contributed by atoms with Gasteiger partial charge in [0, 0.05) is 51.6 Å². The van der Waals surface area contributed by atoms with Gasteiger partial charge in [-0.25, -0.2) is 4.39 Å². The lowest BCUT2D eigenvalue weighted by molar-refractivity contribution is 0.199. The zero-order valence-corrected chi connectivity index (χ0v) is 13.2. The van der Waals surface area contributed by atoms with Crippen LogP contribution in [0.1, 0.15) is 12.5 Å². The van der Waals surface area contributed by atoms with Crippen LogP contribution in [0.4, 0.5) is 10.1 Å². The van der Waals surface area contributed by atoms with Crippen LogP contribution < -0.4 is 10.2 Å². The van der Waals surface area contributed by atoms with Gasteiger partial charge in [0.25, 0.3) is 0 Å². The molecule has 4 nitrogen and oxygen atoms in total. The van der Waals surface area contributed by atoms with Crippen molar-refractivity contribution in [2.75, 3.05) is 51.8 Å². The van der Waals surface area contributed by atoms with E-state index < -0.39 is 0 Å². The fraction of sp³-hybridized carbons (Fsp3) is 0.625. The molecule has 1 aliphatic heterocycles. The van der Waals surface area contributed by atoms with Crippen molar-refractivity contribution in [2.45, 2.75) is 19.5 Å². The standard InChI is InChI=1S/C16H26FN3O/c1-13-12-19(2)7-8-20(13)16-5-4-15(17)10-14(16)11-18-6-9-21-3/h4-5,10,13,18H,6-9,11-12H2,1-3H3. The highest BCUT2D eigenvalue weighted by molar-refractivity contribution is 5.55. The van der Waals surface area contributed by atoms with Crippen molar-refractivity contribution in [3.8, 4) is 0 Å². The second-order valence-corrected chi connectivity index (χ2v) is 5.75. The molecule has 1 aromatic rings. The number of methoxy groups -OCH3 is 1. The molecule has 1 N–H and O–H groups in total. The number of hydrogen-bond acceptors (Lipinski definition) is 4. The minimum absolute atomic E-state index is 0.177. The fourth-order valence-corrected chi connectivity index (χ4v) is 2.87. The molecule has 1 atom stereocenters. The average molecular weight is 295 g/mol. The van der Waals surface area contributed by atoms with E-state index in [1.54, 1.807) is 19.2 Å². The van der Waals surface area contributed by atoms with Crippen LogP contribution in [0.5, 0.6) is 0 Å². The molecule has 0 radical (unpaired) electrons. The Morgan fingerprint density at radius 1 is 1.38 bits per heavy atom. The van der Waals surface area contributed by atoms with Gasteiger partial charge in [0.2, 0.25) is 0 Å². The number of likely N-dealkylation sites (N-methyl/N-ethyl adjacent to an activating group) is 1. The summed E-state index contributed by atoms with van der Waals surface area (Å²) in [4.78, 5) is 4.72. The van der Waals surface area contributed by atoms with Crippen LogP contribution in [0.2, 0.25) is 0 Å². The summed E-state index contributed by atoms with van der Waals surface area (Å²) < 4.78 is 18.6. The van der Waals surface area contributed by atoms with Crippen LogP contribution in [0.25, 0.3) is 0 Å². The fourth-order valence-electron chi connectivity index (χ4n) is 2.87. The molecular formula is C16H26FN3O. The van der Waals surface area contributed by atoms with Crippen molar-refractivity contribution >= 4 is 5.69 Å². The molecule has 0 saturated carbocycles. The third-order valence-electron chi connectivity index (χ3n) is 3.98. The van der Waals surface area contributed by atoms with Crippen LogP contribution >= 0.6 is 0 Å². The molecule has 0 amide bonds. The zero-order chi connectivity index (χ0) is 15.2. The number of anilines is 1. The molecule has 1 heterocycles. The first-order valence-corrected chi connectivity index (χ1v) is 7.55. The average Bonchev–Trinajstić information content (AvgIpc) is 2.45. The van der Waals surface area contributed by atoms with Crippen molar-refractivity contribution in [1.29, 1.82) is 0 Å². The minimum Gasteiger partial charge on any atom is -0.383 e. The van der Waals surface area contributed by atoms with Crippen LogP contribution in [0.3, 0.4) is 0 Å². The highest BCUT2D eigenvalue weighted by Crippen LogP contribution is 2.25. The first kappa shape index (κ1) is 16.2. The molecule has 21 heavy (non-hydrogen) atoms. The number of hydrogen-bond donors (Lipinski definition) is 1. The van der Waals surface area contributed by atoms with Gasteiger partial charge in [0.1, 0.15) is 5.82 Å². The lowest BCUT2D eigenvalue weighted by atomic mass is 10.1. The smallest absolute Gasteiger partial charge is 0.123 e. The van der Waals surface area contributed by atoms with E-state index in [1.807, 2.05) is 6.07 Å². The Morgan fingerprint density at radius 2 is 2.19 bits per heavy atom. The molecule has 0 aromatic heterocycles. The number of nitrogens with one attached hydrogen (secondary N) is 1. The topological polar surface area (TPSA) is 27.7 Å². The Labute approximate surface area is 126 Å². The number of benzene rings is 1. The van der Waals surface area contributed by atoms with E-state index in [0.717, 1.165) is 37.4 Å². The van der Waals surface area contributed by atoms with Crippen molar-refractivity contribution in [3.63, 3.8) is 0 Å². The van der Waals surface area contributed by atoms with Gasteiger partial charge in [-0.1, -0.05) is 0 Å². The maximum absolute atomic E-state index is 13.6. The van der Waals surface area contributed by atoms with E-state index >= 15 is 0 Å². The number of rotatable bonds is 6. The van der Waals surface area contributed by atoms with Crippen molar-refractivity contribution < 1.29 is 9.13 Å². The first-order valence-electron chi connectivity index (χ1n) is 7.55. The van der Waals surface area contributed by atoms with Gasteiger partial charge < -0.3 is 19.9 Å². The highest BCUT2D eigenvalue weighted by Gasteiger charge is 2.23. The van der Waals surface area contributed by atoms with Crippen LogP contribution in [-0.4, -0.2) is 57.9 Å². The molecule has 0 spiro atoms. The van der Waals surface area contributed by atoms with Gasteiger partial charge in [0.15, 0.2) is 0 Å². The number of ether oxygens (including phenoxy) is 1. The summed E-state index contributed by atoms with van der Waals surface area (Å²) in [6.45, 7) is 7.37. The Hall–Kier alpha value is -1.17. The van der Waals surface area contributed by atoms with E-state index in [0.29, 0.717) is 19.2 Å². The van der Waals surface area contributed by atoms with E-state index in [4.69, 9.17) is 4.74 Å². The molecule has 118 valence electrons. The number of nitrogens with zero attached hydrogens (tertiary/aromatic N) is 2. The molecule has 5 heteroatoms. The SMILES string of the molecule is COCCNCc1cc(F)ccc1N1CCN(C)CC1C. The van der Waals surface area contributed by atoms with Crippen LogP contribution in [0, 0.1) is 5.82 Å². The first-order chi connectivity index (χ1) is 10.1. The van der Waals surface area contributed by atoms with E-state index in [9.17, 15) is 4.39 Å². The second-order valence-electron chi connectivity index (χ2n) is 5.75. The Bertz CT molecular complexity index is 455. The predicted molar refractivity (Wildman–Crippen MR) is 84.3 cm³/mol. The van der Waals surface area contributed by atoms with Gasteiger partial charge in [-0.3, -0.25) is 0 Å². The molecule has 1 fully saturated rings. The predicted octanol–water partition coefficient (Wildman–Crippen LogP) is 1.70. The third-order valence-corrected chi connectivity index (χ3v) is 3.98. The quantitative estimate of drug-likeness (QED) is 0.809. The largest absolute Gasteiger partial charge is 0.383 e. The summed E-state index contributed by atoms with van der Waals surface area (Å²) in [6, 6.07) is 5.54. The molecule has 1 aliphatic rings. The summed E-state index contributed by atoms with van der Waals surface area (Å²) in [6.07, 6.45) is 0. The lowest BCUT2D eigenvalue weighted by Gasteiger charge is -2.40. The van der Waals surface area contributed by atoms with Gasteiger partial charge in [0.05, 0.1) is 6.61 Å². The molecular weight excluding hydrogens is 269 g/mol. The maximum Gasteiger partial charge on any atom is 0.123 e. The molecule has 2 rings (SSSR count). The van der Waals surface area contributed by atoms with E-state index in [2.05, 4.69) is 29.1 Å². The molecule has 0 bridgehead atoms. The molecule has 0 aliphatic carbocycles. The van der Waals surface area contributed by atoms with Gasteiger partial charge in [-0.15, -0.1) is 0 Å². The summed E-state index contributed by atoms with van der Waals surface area (Å²) in [5.74, 6) is -0.177. The van der Waals surface area contributed by atoms with Crippen LogP contribution in [0.15, 0.2) is 18.2 Å². The summed E-state index contributed by atoms with van der Waals surface area (Å²) in [5.41, 5.74) is 2.16. The van der Waals surface area contributed by atoms with Gasteiger partial charge in [-0.05, 0) is 37.7 Å². The summed E-state index contributed by atoms with van der Waals surface area (Å²) in [7, 11) is 3.83. The van der Waals surface area contributed by atoms with Gasteiger partial charge >= 0.3 is 0 Å². The second kappa shape index (κ2) is 7.73. The van der Waals surface area contributed by atoms with Crippen LogP contribution in [-0.2, 0) is 11.3 Å². The van der Waals surface area contributed by atoms with Crippen molar-refractivity contribution in [1.82, 2.24) is 10.2 Å². The Balaban J connectivity index is 2.10. The molecule has 1 unspecified atom stereocenters. The number of halogens is 1. The number of piperazine rings is 1. The monoisotopic (exact) mass is 295 g/mol.